The second-order valence-electron chi connectivity index (χ2n) is 5.29. The zero-order valence-corrected chi connectivity index (χ0v) is 10.8. The highest BCUT2D eigenvalue weighted by Crippen LogP contribution is 2.31. The van der Waals surface area contributed by atoms with Crippen molar-refractivity contribution in [3.63, 3.8) is 0 Å². The van der Waals surface area contributed by atoms with Crippen molar-refractivity contribution in [2.45, 2.75) is 45.6 Å². The van der Waals surface area contributed by atoms with Gasteiger partial charge in [-0.25, -0.2) is 0 Å². The van der Waals surface area contributed by atoms with Gasteiger partial charge < -0.3 is 9.64 Å². The molecule has 0 aromatic heterocycles. The lowest BCUT2D eigenvalue weighted by atomic mass is 9.79. The fourth-order valence-corrected chi connectivity index (χ4v) is 2.63. The molecule has 0 saturated heterocycles. The van der Waals surface area contributed by atoms with Gasteiger partial charge in [0.1, 0.15) is 0 Å². The van der Waals surface area contributed by atoms with Crippen molar-refractivity contribution >= 4 is 0 Å². The van der Waals surface area contributed by atoms with Gasteiger partial charge in [-0.15, -0.1) is 0 Å². The van der Waals surface area contributed by atoms with Crippen LogP contribution in [0.2, 0.25) is 0 Å². The van der Waals surface area contributed by atoms with Gasteiger partial charge >= 0.3 is 0 Å². The van der Waals surface area contributed by atoms with E-state index in [1.165, 1.54) is 25.7 Å². The van der Waals surface area contributed by atoms with E-state index in [1.54, 1.807) is 7.11 Å². The topological polar surface area (TPSA) is 12.5 Å². The van der Waals surface area contributed by atoms with E-state index in [0.717, 1.165) is 31.0 Å². The van der Waals surface area contributed by atoms with E-state index in [1.807, 2.05) is 0 Å². The minimum Gasteiger partial charge on any atom is -0.383 e. The molecule has 0 aliphatic heterocycles. The number of ether oxygens (including phenoxy) is 1. The van der Waals surface area contributed by atoms with Crippen molar-refractivity contribution in [3.8, 4) is 0 Å². The highest BCUT2D eigenvalue weighted by molar-refractivity contribution is 4.79. The van der Waals surface area contributed by atoms with Crippen molar-refractivity contribution in [1.29, 1.82) is 0 Å². The molecular weight excluding hydrogens is 186 g/mol. The van der Waals surface area contributed by atoms with E-state index >= 15 is 0 Å². The molecule has 0 radical (unpaired) electrons. The van der Waals surface area contributed by atoms with E-state index in [-0.39, 0.29) is 0 Å². The van der Waals surface area contributed by atoms with Gasteiger partial charge in [0.15, 0.2) is 0 Å². The minimum absolute atomic E-state index is 0.801. The van der Waals surface area contributed by atoms with Crippen LogP contribution >= 0.6 is 0 Å². The maximum Gasteiger partial charge on any atom is 0.0589 e. The number of nitrogens with zero attached hydrogens (tertiary/aromatic N) is 1. The first kappa shape index (κ1) is 13.0. The Kier molecular flexibility index (Phi) is 5.62. The molecule has 15 heavy (non-hydrogen) atoms. The number of methoxy groups -OCH3 is 1. The Balaban J connectivity index is 2.24. The summed E-state index contributed by atoms with van der Waals surface area (Å²) in [6.07, 6.45) is 5.59. The molecule has 2 nitrogen and oxygen atoms in total. The predicted octanol–water partition coefficient (Wildman–Crippen LogP) is 2.78. The Morgan fingerprint density at radius 1 is 1.20 bits per heavy atom. The van der Waals surface area contributed by atoms with Crippen molar-refractivity contribution in [3.05, 3.63) is 0 Å². The molecule has 1 aliphatic rings. The molecule has 1 saturated carbocycles. The van der Waals surface area contributed by atoms with E-state index in [0.29, 0.717) is 0 Å². The largest absolute Gasteiger partial charge is 0.383 e. The molecular formula is C13H27NO. The number of hydrogen-bond donors (Lipinski definition) is 0. The molecule has 0 unspecified atom stereocenters. The highest BCUT2D eigenvalue weighted by atomic mass is 16.5. The molecule has 2 heteroatoms. The highest BCUT2D eigenvalue weighted by Gasteiger charge is 2.25. The van der Waals surface area contributed by atoms with Crippen molar-refractivity contribution in [2.75, 3.05) is 27.3 Å². The summed E-state index contributed by atoms with van der Waals surface area (Å²) in [6, 6.07) is 0.801. The molecule has 0 aromatic carbocycles. The van der Waals surface area contributed by atoms with Crippen LogP contribution in [0.5, 0.6) is 0 Å². The number of hydrogen-bond acceptors (Lipinski definition) is 2. The Labute approximate surface area is 95.0 Å². The van der Waals surface area contributed by atoms with Gasteiger partial charge in [0.25, 0.3) is 0 Å². The first-order valence-electron chi connectivity index (χ1n) is 6.34. The predicted molar refractivity (Wildman–Crippen MR) is 65.1 cm³/mol. The summed E-state index contributed by atoms with van der Waals surface area (Å²) in [6.45, 7) is 6.66. The van der Waals surface area contributed by atoms with Crippen LogP contribution in [0.25, 0.3) is 0 Å². The fraction of sp³-hybridized carbons (Fsp3) is 1.00. The van der Waals surface area contributed by atoms with Crippen LogP contribution in [-0.4, -0.2) is 38.3 Å². The lowest BCUT2D eigenvalue weighted by molar-refractivity contribution is 0.106. The third-order valence-electron chi connectivity index (χ3n) is 3.96. The third-order valence-corrected chi connectivity index (χ3v) is 3.96. The van der Waals surface area contributed by atoms with Gasteiger partial charge in [0, 0.05) is 19.7 Å². The second kappa shape index (κ2) is 6.49. The van der Waals surface area contributed by atoms with Crippen LogP contribution < -0.4 is 0 Å². The van der Waals surface area contributed by atoms with Crippen LogP contribution in [0.4, 0.5) is 0 Å². The van der Waals surface area contributed by atoms with Gasteiger partial charge in [0.2, 0.25) is 0 Å². The molecule has 0 N–H and O–H groups in total. The zero-order chi connectivity index (χ0) is 11.3. The first-order chi connectivity index (χ1) is 7.15. The third kappa shape index (κ3) is 4.12. The summed E-state index contributed by atoms with van der Waals surface area (Å²) in [5, 5.41) is 0. The molecule has 90 valence electrons. The quantitative estimate of drug-likeness (QED) is 0.696. The molecule has 1 aliphatic carbocycles. The first-order valence-corrected chi connectivity index (χ1v) is 6.34. The lowest BCUT2D eigenvalue weighted by Crippen LogP contribution is -2.37. The van der Waals surface area contributed by atoms with Gasteiger partial charge in [-0.05, 0) is 44.6 Å². The average molecular weight is 213 g/mol. The van der Waals surface area contributed by atoms with Gasteiger partial charge in [0.05, 0.1) is 6.61 Å². The molecule has 1 fully saturated rings. The summed E-state index contributed by atoms with van der Waals surface area (Å²) in [5.74, 6) is 1.84. The second-order valence-corrected chi connectivity index (χ2v) is 5.29. The van der Waals surface area contributed by atoms with Crippen LogP contribution in [-0.2, 0) is 4.74 Å². The van der Waals surface area contributed by atoms with Crippen LogP contribution in [0.3, 0.4) is 0 Å². The normalized spacial score (nSPS) is 27.6. The van der Waals surface area contributed by atoms with Crippen molar-refractivity contribution < 1.29 is 4.74 Å². The Morgan fingerprint density at radius 2 is 1.80 bits per heavy atom. The summed E-state index contributed by atoms with van der Waals surface area (Å²) in [5.41, 5.74) is 0. The van der Waals surface area contributed by atoms with Gasteiger partial charge in [-0.1, -0.05) is 13.8 Å². The van der Waals surface area contributed by atoms with E-state index < -0.39 is 0 Å². The molecule has 1 rings (SSSR count). The molecule has 0 aromatic rings. The van der Waals surface area contributed by atoms with E-state index in [2.05, 4.69) is 25.8 Å². The summed E-state index contributed by atoms with van der Waals surface area (Å²) in [7, 11) is 4.02. The monoisotopic (exact) mass is 213 g/mol. The van der Waals surface area contributed by atoms with Crippen molar-refractivity contribution in [2.24, 2.45) is 11.8 Å². The minimum atomic E-state index is 0.801. The maximum atomic E-state index is 5.12. The summed E-state index contributed by atoms with van der Waals surface area (Å²) in [4.78, 5) is 2.47. The Bertz CT molecular complexity index is 162. The molecule has 0 heterocycles. The lowest BCUT2D eigenvalue weighted by Gasteiger charge is -2.36. The van der Waals surface area contributed by atoms with Crippen molar-refractivity contribution in [1.82, 2.24) is 4.90 Å². The fourth-order valence-electron chi connectivity index (χ4n) is 2.63. The smallest absolute Gasteiger partial charge is 0.0589 e. The standard InChI is InChI=1S/C13H27NO/c1-11(2)12-5-7-13(8-6-12)14(3)9-10-15-4/h11-13H,5-10H2,1-4H3/t12-,13+. The molecule has 0 bridgehead atoms. The number of likely N-dealkylation sites (N-methyl/N-ethyl adjacent to an activating group) is 1. The maximum absolute atomic E-state index is 5.12. The van der Waals surface area contributed by atoms with Gasteiger partial charge in [-0.2, -0.15) is 0 Å². The van der Waals surface area contributed by atoms with Crippen LogP contribution in [0.1, 0.15) is 39.5 Å². The molecule has 0 amide bonds. The van der Waals surface area contributed by atoms with Crippen LogP contribution in [0.15, 0.2) is 0 Å². The van der Waals surface area contributed by atoms with Crippen LogP contribution in [0, 0.1) is 11.8 Å². The molecule has 0 spiro atoms. The number of rotatable bonds is 5. The Hall–Kier alpha value is -0.0800. The SMILES string of the molecule is COCCN(C)[C@H]1CC[C@@H](C(C)C)CC1. The average Bonchev–Trinajstić information content (AvgIpc) is 2.26. The van der Waals surface area contributed by atoms with E-state index in [9.17, 15) is 0 Å². The van der Waals surface area contributed by atoms with E-state index in [4.69, 9.17) is 4.74 Å². The van der Waals surface area contributed by atoms with Gasteiger partial charge in [-0.3, -0.25) is 0 Å². The Morgan fingerprint density at radius 3 is 2.27 bits per heavy atom. The molecule has 0 atom stereocenters. The summed E-state index contributed by atoms with van der Waals surface area (Å²) >= 11 is 0. The zero-order valence-electron chi connectivity index (χ0n) is 10.8. The summed E-state index contributed by atoms with van der Waals surface area (Å²) < 4.78 is 5.12.